The van der Waals surface area contributed by atoms with Gasteiger partial charge in [0.1, 0.15) is 5.76 Å². The van der Waals surface area contributed by atoms with Crippen LogP contribution >= 0.6 is 22.9 Å². The monoisotopic (exact) mass is 390 g/mol. The average molecular weight is 391 g/mol. The zero-order chi connectivity index (χ0) is 18.7. The molecule has 0 aliphatic rings. The Kier molecular flexibility index (Phi) is 5.39. The van der Waals surface area contributed by atoms with E-state index in [0.717, 1.165) is 10.4 Å². The molecule has 3 rings (SSSR count). The summed E-state index contributed by atoms with van der Waals surface area (Å²) in [6.07, 6.45) is 1.54. The van der Waals surface area contributed by atoms with Crippen molar-refractivity contribution in [2.45, 2.75) is 20.0 Å². The first-order valence-electron chi connectivity index (χ1n) is 7.74. The van der Waals surface area contributed by atoms with E-state index in [1.54, 1.807) is 28.4 Å². The lowest BCUT2D eigenvalue weighted by molar-refractivity contribution is -0.384. The smallest absolute Gasteiger partial charge is 0.270 e. The van der Waals surface area contributed by atoms with E-state index in [0.29, 0.717) is 12.3 Å². The fourth-order valence-electron chi connectivity index (χ4n) is 2.49. The number of halogens is 1. The number of thiophene rings is 1. The molecule has 134 valence electrons. The van der Waals surface area contributed by atoms with E-state index in [1.807, 2.05) is 18.4 Å². The number of non-ortho nitro benzene ring substituents is 1. The molecule has 0 saturated heterocycles. The maximum atomic E-state index is 13.1. The van der Waals surface area contributed by atoms with E-state index in [-0.39, 0.29) is 28.7 Å². The number of hydrogen-bond donors (Lipinski definition) is 0. The second-order valence-electron chi connectivity index (χ2n) is 5.69. The van der Waals surface area contributed by atoms with Crippen molar-refractivity contribution in [3.05, 3.63) is 84.9 Å². The summed E-state index contributed by atoms with van der Waals surface area (Å²) < 4.78 is 5.36. The van der Waals surface area contributed by atoms with Gasteiger partial charge in [-0.2, -0.15) is 0 Å². The van der Waals surface area contributed by atoms with Gasteiger partial charge in [-0.25, -0.2) is 0 Å². The molecule has 0 unspecified atom stereocenters. The fraction of sp³-hybridized carbons (Fsp3) is 0.167. The lowest BCUT2D eigenvalue weighted by Gasteiger charge is -2.22. The number of aryl methyl sites for hydroxylation is 1. The quantitative estimate of drug-likeness (QED) is 0.435. The average Bonchev–Trinajstić information content (AvgIpc) is 3.26. The molecule has 6 nitrogen and oxygen atoms in total. The van der Waals surface area contributed by atoms with Gasteiger partial charge in [0.05, 0.1) is 34.9 Å². The Morgan fingerprint density at radius 2 is 2.12 bits per heavy atom. The van der Waals surface area contributed by atoms with Crippen molar-refractivity contribution in [2.24, 2.45) is 0 Å². The molecule has 0 radical (unpaired) electrons. The predicted molar refractivity (Wildman–Crippen MR) is 99.4 cm³/mol. The molecule has 0 atom stereocenters. The van der Waals surface area contributed by atoms with Crippen molar-refractivity contribution in [2.75, 3.05) is 0 Å². The van der Waals surface area contributed by atoms with Crippen LogP contribution in [0.3, 0.4) is 0 Å². The van der Waals surface area contributed by atoms with Crippen molar-refractivity contribution >= 4 is 34.5 Å². The molecule has 3 aromatic rings. The second kappa shape index (κ2) is 7.72. The molecule has 0 fully saturated rings. The van der Waals surface area contributed by atoms with E-state index in [9.17, 15) is 14.9 Å². The molecular weight excluding hydrogens is 376 g/mol. The molecule has 0 saturated carbocycles. The van der Waals surface area contributed by atoms with Crippen LogP contribution in [0.5, 0.6) is 0 Å². The summed E-state index contributed by atoms with van der Waals surface area (Å²) in [5.41, 5.74) is 1.00. The van der Waals surface area contributed by atoms with Gasteiger partial charge in [-0.05, 0) is 42.1 Å². The first-order valence-corrected chi connectivity index (χ1v) is 9.00. The fourth-order valence-corrected chi connectivity index (χ4v) is 3.61. The number of nitro groups is 1. The van der Waals surface area contributed by atoms with Crippen molar-refractivity contribution < 1.29 is 14.1 Å². The Labute approximate surface area is 158 Å². The third kappa shape index (κ3) is 3.95. The number of hydrogen-bond acceptors (Lipinski definition) is 5. The number of nitro benzene ring substituents is 1. The largest absolute Gasteiger partial charge is 0.467 e. The van der Waals surface area contributed by atoms with Crippen molar-refractivity contribution in [1.29, 1.82) is 0 Å². The number of nitrogens with zero attached hydrogens (tertiary/aromatic N) is 2. The van der Waals surface area contributed by atoms with Gasteiger partial charge in [-0.3, -0.25) is 14.9 Å². The van der Waals surface area contributed by atoms with Gasteiger partial charge in [0.2, 0.25) is 0 Å². The van der Waals surface area contributed by atoms with Crippen LogP contribution in [0.4, 0.5) is 5.69 Å². The number of amides is 1. The molecule has 0 aliphatic carbocycles. The molecule has 8 heteroatoms. The van der Waals surface area contributed by atoms with E-state index < -0.39 is 4.92 Å². The Morgan fingerprint density at radius 1 is 1.31 bits per heavy atom. The van der Waals surface area contributed by atoms with Gasteiger partial charge >= 0.3 is 0 Å². The topological polar surface area (TPSA) is 76.6 Å². The van der Waals surface area contributed by atoms with Crippen LogP contribution in [0.15, 0.2) is 52.5 Å². The van der Waals surface area contributed by atoms with Crippen molar-refractivity contribution in [1.82, 2.24) is 4.90 Å². The van der Waals surface area contributed by atoms with E-state index >= 15 is 0 Å². The summed E-state index contributed by atoms with van der Waals surface area (Å²) in [5, 5.41) is 13.2. The van der Waals surface area contributed by atoms with Gasteiger partial charge in [0.15, 0.2) is 0 Å². The van der Waals surface area contributed by atoms with Crippen LogP contribution < -0.4 is 0 Å². The van der Waals surface area contributed by atoms with Gasteiger partial charge < -0.3 is 9.32 Å². The molecule has 0 N–H and O–H groups in total. The number of rotatable bonds is 6. The Morgan fingerprint density at radius 3 is 2.73 bits per heavy atom. The third-order valence-electron chi connectivity index (χ3n) is 3.91. The van der Waals surface area contributed by atoms with Crippen LogP contribution in [0.25, 0.3) is 0 Å². The van der Waals surface area contributed by atoms with Crippen LogP contribution in [0.2, 0.25) is 5.02 Å². The molecule has 1 amide bonds. The highest BCUT2D eigenvalue weighted by molar-refractivity contribution is 7.10. The predicted octanol–water partition coefficient (Wildman–Crippen LogP) is 5.05. The first kappa shape index (κ1) is 18.2. The SMILES string of the molecule is Cc1ccsc1CN(Cc1ccco1)C(=O)c1cc([N+](=O)[O-])ccc1Cl. The highest BCUT2D eigenvalue weighted by Gasteiger charge is 2.23. The minimum Gasteiger partial charge on any atom is -0.467 e. The minimum absolute atomic E-state index is 0.0987. The minimum atomic E-state index is -0.548. The molecular formula is C18H15ClN2O4S. The number of carbonyl (C=O) groups is 1. The van der Waals surface area contributed by atoms with Gasteiger partial charge in [0.25, 0.3) is 11.6 Å². The highest BCUT2D eigenvalue weighted by Crippen LogP contribution is 2.26. The second-order valence-corrected chi connectivity index (χ2v) is 7.10. The van der Waals surface area contributed by atoms with Crippen molar-refractivity contribution in [3.63, 3.8) is 0 Å². The van der Waals surface area contributed by atoms with E-state index in [1.165, 1.54) is 24.5 Å². The third-order valence-corrected chi connectivity index (χ3v) is 5.25. The van der Waals surface area contributed by atoms with Crippen LogP contribution in [-0.2, 0) is 13.1 Å². The molecule has 26 heavy (non-hydrogen) atoms. The number of furan rings is 1. The van der Waals surface area contributed by atoms with E-state index in [2.05, 4.69) is 0 Å². The van der Waals surface area contributed by atoms with Gasteiger partial charge in [-0.15, -0.1) is 11.3 Å². The van der Waals surface area contributed by atoms with Crippen molar-refractivity contribution in [3.8, 4) is 0 Å². The molecule has 2 aromatic heterocycles. The summed E-state index contributed by atoms with van der Waals surface area (Å²) >= 11 is 7.69. The Hall–Kier alpha value is -2.64. The van der Waals surface area contributed by atoms with Crippen LogP contribution in [0.1, 0.15) is 26.6 Å². The summed E-state index contributed by atoms with van der Waals surface area (Å²) in [4.78, 5) is 26.2. The van der Waals surface area contributed by atoms with Crippen LogP contribution in [0, 0.1) is 17.0 Å². The molecule has 2 heterocycles. The molecule has 1 aromatic carbocycles. The standard InChI is InChI=1S/C18H15ClN2O4S/c1-12-6-8-26-17(12)11-20(10-14-3-2-7-25-14)18(22)15-9-13(21(23)24)4-5-16(15)19/h2-9H,10-11H2,1H3. The normalized spacial score (nSPS) is 10.7. The molecule has 0 spiro atoms. The Bertz CT molecular complexity index is 937. The molecule has 0 bridgehead atoms. The maximum absolute atomic E-state index is 13.1. The first-order chi connectivity index (χ1) is 12.5. The Balaban J connectivity index is 1.95. The highest BCUT2D eigenvalue weighted by atomic mass is 35.5. The lowest BCUT2D eigenvalue weighted by atomic mass is 10.1. The summed E-state index contributed by atoms with van der Waals surface area (Å²) in [7, 11) is 0. The number of carbonyl (C=O) groups excluding carboxylic acids is 1. The van der Waals surface area contributed by atoms with Gasteiger partial charge in [0, 0.05) is 17.0 Å². The van der Waals surface area contributed by atoms with Crippen LogP contribution in [-0.4, -0.2) is 15.7 Å². The lowest BCUT2D eigenvalue weighted by Crippen LogP contribution is -2.30. The zero-order valence-electron chi connectivity index (χ0n) is 13.8. The van der Waals surface area contributed by atoms with Gasteiger partial charge in [-0.1, -0.05) is 11.6 Å². The summed E-state index contributed by atoms with van der Waals surface area (Å²) in [6, 6.07) is 9.36. The maximum Gasteiger partial charge on any atom is 0.270 e. The molecule has 0 aliphatic heterocycles. The summed E-state index contributed by atoms with van der Waals surface area (Å²) in [5.74, 6) is 0.233. The summed E-state index contributed by atoms with van der Waals surface area (Å²) in [6.45, 7) is 2.58. The zero-order valence-corrected chi connectivity index (χ0v) is 15.4. The van der Waals surface area contributed by atoms with E-state index in [4.69, 9.17) is 16.0 Å². The number of benzene rings is 1.